The predicted molar refractivity (Wildman–Crippen MR) is 81.8 cm³/mol. The van der Waals surface area contributed by atoms with Crippen molar-refractivity contribution in [3.05, 3.63) is 45.8 Å². The first kappa shape index (κ1) is 15.4. The Morgan fingerprint density at radius 2 is 2.19 bits per heavy atom. The van der Waals surface area contributed by atoms with Crippen molar-refractivity contribution in [1.82, 2.24) is 10.7 Å². The number of methoxy groups -OCH3 is 1. The number of carbonyl (C=O) groups excluding carboxylic acids is 2. The predicted octanol–water partition coefficient (Wildman–Crippen LogP) is 1.47. The molecule has 0 aliphatic carbocycles. The molecular weight excluding hydrogens is 314 g/mol. The van der Waals surface area contributed by atoms with Gasteiger partial charge in [-0.1, -0.05) is 35.5 Å². The normalized spacial score (nSPS) is 19.8. The highest BCUT2D eigenvalue weighted by Crippen LogP contribution is 2.25. The highest BCUT2D eigenvalue weighted by atomic mass is 35.5. The van der Waals surface area contributed by atoms with Crippen LogP contribution >= 0.6 is 23.4 Å². The quantitative estimate of drug-likeness (QED) is 0.379. The fourth-order valence-corrected chi connectivity index (χ4v) is 2.44. The molecule has 0 radical (unpaired) electrons. The molecule has 1 aromatic carbocycles. The van der Waals surface area contributed by atoms with E-state index in [0.29, 0.717) is 5.02 Å². The lowest BCUT2D eigenvalue weighted by Gasteiger charge is -2.06. The summed E-state index contributed by atoms with van der Waals surface area (Å²) in [4.78, 5) is 23.0. The Morgan fingerprint density at radius 1 is 1.48 bits per heavy atom. The highest BCUT2D eigenvalue weighted by molar-refractivity contribution is 8.05. The van der Waals surface area contributed by atoms with E-state index in [4.69, 9.17) is 11.6 Å². The zero-order valence-electron chi connectivity index (χ0n) is 11.0. The fraction of sp³-hybridized carbons (Fsp3) is 0.154. The third-order valence-electron chi connectivity index (χ3n) is 2.46. The van der Waals surface area contributed by atoms with Crippen molar-refractivity contribution in [3.8, 4) is 0 Å². The topological polar surface area (TPSA) is 79.8 Å². The van der Waals surface area contributed by atoms with Gasteiger partial charge < -0.3 is 10.1 Å². The van der Waals surface area contributed by atoms with Gasteiger partial charge in [0.15, 0.2) is 5.50 Å². The van der Waals surface area contributed by atoms with Crippen LogP contribution in [0.1, 0.15) is 5.56 Å². The van der Waals surface area contributed by atoms with Gasteiger partial charge in [-0.25, -0.2) is 4.79 Å². The lowest BCUT2D eigenvalue weighted by atomic mass is 10.2. The number of ether oxygens (including phenoxy) is 1. The van der Waals surface area contributed by atoms with Crippen LogP contribution in [0, 0.1) is 0 Å². The van der Waals surface area contributed by atoms with Gasteiger partial charge in [0.1, 0.15) is 0 Å². The number of rotatable bonds is 4. The zero-order chi connectivity index (χ0) is 15.2. The van der Waals surface area contributed by atoms with Crippen LogP contribution in [0.15, 0.2) is 40.3 Å². The molecule has 1 atom stereocenters. The molecule has 1 unspecified atom stereocenters. The molecule has 6 nitrogen and oxygen atoms in total. The van der Waals surface area contributed by atoms with Gasteiger partial charge in [-0.2, -0.15) is 5.10 Å². The van der Waals surface area contributed by atoms with Crippen molar-refractivity contribution < 1.29 is 14.3 Å². The number of benzene rings is 1. The Hall–Kier alpha value is -1.99. The summed E-state index contributed by atoms with van der Waals surface area (Å²) in [7, 11) is 1.25. The number of carbonyl (C=O) groups is 2. The third-order valence-corrected chi connectivity index (χ3v) is 3.72. The summed E-state index contributed by atoms with van der Waals surface area (Å²) in [6.45, 7) is 0. The molecule has 21 heavy (non-hydrogen) atoms. The Labute approximate surface area is 130 Å². The second kappa shape index (κ2) is 7.14. The van der Waals surface area contributed by atoms with Crippen molar-refractivity contribution in [2.75, 3.05) is 7.11 Å². The Kier molecular flexibility index (Phi) is 5.24. The Balaban J connectivity index is 1.90. The smallest absolute Gasteiger partial charge is 0.331 e. The van der Waals surface area contributed by atoms with E-state index in [-0.39, 0.29) is 10.8 Å². The van der Waals surface area contributed by atoms with Crippen LogP contribution < -0.4 is 10.7 Å². The summed E-state index contributed by atoms with van der Waals surface area (Å²) < 4.78 is 4.47. The van der Waals surface area contributed by atoms with E-state index in [1.807, 2.05) is 12.1 Å². The molecule has 0 bridgehead atoms. The molecule has 8 heteroatoms. The fourth-order valence-electron chi connectivity index (χ4n) is 1.45. The Bertz CT molecular complexity index is 601. The lowest BCUT2D eigenvalue weighted by Crippen LogP contribution is -2.34. The third kappa shape index (κ3) is 4.51. The van der Waals surface area contributed by atoms with Crippen LogP contribution in [0.2, 0.25) is 5.02 Å². The Morgan fingerprint density at radius 3 is 2.86 bits per heavy atom. The maximum atomic E-state index is 11.6. The number of nitrogens with zero attached hydrogens (tertiary/aromatic N) is 1. The second-order valence-electron chi connectivity index (χ2n) is 3.94. The summed E-state index contributed by atoms with van der Waals surface area (Å²) in [5, 5.41) is 7.30. The van der Waals surface area contributed by atoms with E-state index in [1.165, 1.54) is 7.11 Å². The van der Waals surface area contributed by atoms with Crippen LogP contribution in [-0.4, -0.2) is 30.7 Å². The summed E-state index contributed by atoms with van der Waals surface area (Å²) in [5.74, 6) is -0.914. The molecule has 1 heterocycles. The van der Waals surface area contributed by atoms with Crippen molar-refractivity contribution in [3.63, 3.8) is 0 Å². The number of hydrogen-bond donors (Lipinski definition) is 2. The molecule has 2 rings (SSSR count). The SMILES string of the molecule is COC(=O)/C=C1/SC(N/N=C/c2ccc(Cl)cc2)NC1=O. The van der Waals surface area contributed by atoms with Crippen LogP contribution in [0.3, 0.4) is 0 Å². The number of amides is 1. The molecule has 110 valence electrons. The number of esters is 1. The lowest BCUT2D eigenvalue weighted by molar-refractivity contribution is -0.135. The molecule has 1 aliphatic rings. The molecule has 0 aromatic heterocycles. The van der Waals surface area contributed by atoms with Crippen molar-refractivity contribution in [2.45, 2.75) is 5.50 Å². The van der Waals surface area contributed by atoms with Gasteiger partial charge in [0.25, 0.3) is 5.91 Å². The minimum Gasteiger partial charge on any atom is -0.466 e. The minimum atomic E-state index is -0.571. The minimum absolute atomic E-state index is 0.279. The zero-order valence-corrected chi connectivity index (χ0v) is 12.6. The summed E-state index contributed by atoms with van der Waals surface area (Å²) in [6.07, 6.45) is 2.75. The van der Waals surface area contributed by atoms with Gasteiger partial charge in [-0.3, -0.25) is 10.2 Å². The van der Waals surface area contributed by atoms with Crippen LogP contribution in [0.4, 0.5) is 0 Å². The average molecular weight is 326 g/mol. The van der Waals surface area contributed by atoms with Crippen molar-refractivity contribution in [2.24, 2.45) is 5.10 Å². The van der Waals surface area contributed by atoms with Gasteiger partial charge in [0.2, 0.25) is 0 Å². The van der Waals surface area contributed by atoms with E-state index in [9.17, 15) is 9.59 Å². The average Bonchev–Trinajstić information content (AvgIpc) is 2.81. The molecule has 0 spiro atoms. The largest absolute Gasteiger partial charge is 0.466 e. The first-order chi connectivity index (χ1) is 10.1. The summed E-state index contributed by atoms with van der Waals surface area (Å²) in [6, 6.07) is 7.14. The van der Waals surface area contributed by atoms with E-state index in [0.717, 1.165) is 23.4 Å². The number of halogens is 1. The van der Waals surface area contributed by atoms with E-state index >= 15 is 0 Å². The first-order valence-electron chi connectivity index (χ1n) is 5.90. The highest BCUT2D eigenvalue weighted by Gasteiger charge is 2.27. The van der Waals surface area contributed by atoms with Crippen LogP contribution in [0.5, 0.6) is 0 Å². The summed E-state index contributed by atoms with van der Waals surface area (Å²) in [5.41, 5.74) is 3.20. The number of thioether (sulfide) groups is 1. The molecule has 1 aliphatic heterocycles. The van der Waals surface area contributed by atoms with E-state index in [1.54, 1.807) is 18.3 Å². The van der Waals surface area contributed by atoms with Crippen molar-refractivity contribution in [1.29, 1.82) is 0 Å². The van der Waals surface area contributed by atoms with Gasteiger partial charge >= 0.3 is 5.97 Å². The first-order valence-corrected chi connectivity index (χ1v) is 7.15. The maximum absolute atomic E-state index is 11.6. The number of hydrogen-bond acceptors (Lipinski definition) is 6. The van der Waals surface area contributed by atoms with Gasteiger partial charge in [-0.05, 0) is 17.7 Å². The maximum Gasteiger partial charge on any atom is 0.331 e. The van der Waals surface area contributed by atoms with E-state index in [2.05, 4.69) is 20.6 Å². The molecule has 0 saturated carbocycles. The number of nitrogens with one attached hydrogen (secondary N) is 2. The standard InChI is InChI=1S/C13H12ClN3O3S/c1-20-11(18)6-10-12(19)16-13(21-10)17-15-7-8-2-4-9(14)5-3-8/h2-7,13,17H,1H3,(H,16,19)/b10-6+,15-7+. The second-order valence-corrected chi connectivity index (χ2v) is 5.53. The molecule has 2 N–H and O–H groups in total. The van der Waals surface area contributed by atoms with Crippen LogP contribution in [-0.2, 0) is 14.3 Å². The molecule has 1 amide bonds. The number of hydrazone groups is 1. The molecule has 1 fully saturated rings. The van der Waals surface area contributed by atoms with E-state index < -0.39 is 11.5 Å². The monoisotopic (exact) mass is 325 g/mol. The summed E-state index contributed by atoms with van der Waals surface area (Å²) >= 11 is 6.93. The van der Waals surface area contributed by atoms with Crippen LogP contribution in [0.25, 0.3) is 0 Å². The van der Waals surface area contributed by atoms with Gasteiger partial charge in [0.05, 0.1) is 18.2 Å². The van der Waals surface area contributed by atoms with Crippen molar-refractivity contribution >= 4 is 41.5 Å². The molecule has 1 saturated heterocycles. The van der Waals surface area contributed by atoms with Gasteiger partial charge in [0, 0.05) is 11.1 Å². The van der Waals surface area contributed by atoms with Gasteiger partial charge in [-0.15, -0.1) is 0 Å². The molecular formula is C13H12ClN3O3S. The molecule has 1 aromatic rings.